The number of aliphatic hydroxyl groups is 3. The molecule has 6 heteroatoms. The molecule has 9 N–H and O–H groups in total. The molecule has 0 aromatic heterocycles. The van der Waals surface area contributed by atoms with Crippen LogP contribution in [0.1, 0.15) is 0 Å². The van der Waals surface area contributed by atoms with E-state index in [0.717, 1.165) is 0 Å². The van der Waals surface area contributed by atoms with Gasteiger partial charge in [-0.25, -0.2) is 0 Å². The van der Waals surface area contributed by atoms with Crippen LogP contribution in [-0.4, -0.2) is 40.1 Å². The topological polar surface area (TPSA) is 129 Å². The van der Waals surface area contributed by atoms with Crippen molar-refractivity contribution < 1.29 is 25.5 Å². The highest BCUT2D eigenvalue weighted by Crippen LogP contribution is 1.71. The second-order valence-electron chi connectivity index (χ2n) is 1.02. The Morgan fingerprint density at radius 2 is 1.33 bits per heavy atom. The van der Waals surface area contributed by atoms with Gasteiger partial charge in [0.25, 0.3) is 0 Å². The average molecular weight is 147 g/mol. The van der Waals surface area contributed by atoms with Crippen LogP contribution in [0.4, 0.5) is 0 Å². The summed E-state index contributed by atoms with van der Waals surface area (Å²) >= 11 is 0. The molecular formula is C3H14FNO4. The molecule has 0 saturated heterocycles. The van der Waals surface area contributed by atoms with Gasteiger partial charge in [0.1, 0.15) is 6.10 Å². The molecule has 0 fully saturated rings. The molecule has 0 spiro atoms. The Kier molecular flexibility index (Phi) is 40.5. The minimum atomic E-state index is -0.954. The van der Waals surface area contributed by atoms with Crippen molar-refractivity contribution in [1.29, 1.82) is 0 Å². The summed E-state index contributed by atoms with van der Waals surface area (Å²) in [6.07, 6.45) is -0.954. The van der Waals surface area contributed by atoms with Crippen molar-refractivity contribution in [2.75, 3.05) is 13.2 Å². The number of hydrogen-bond donors (Lipinski definition) is 4. The lowest BCUT2D eigenvalue weighted by Gasteiger charge is -1.96. The van der Waals surface area contributed by atoms with Crippen molar-refractivity contribution in [2.45, 2.75) is 6.10 Å². The minimum absolute atomic E-state index is 0. The van der Waals surface area contributed by atoms with Crippen LogP contribution in [0.15, 0.2) is 0 Å². The second-order valence-corrected chi connectivity index (χ2v) is 1.02. The zero-order chi connectivity index (χ0) is 4.99. The molecule has 0 aromatic rings. The normalized spacial score (nSPS) is 6.67. The SMILES string of the molecule is O.OCC(O)CO.[F-].[NH4+]. The number of hydrogen-bond acceptors (Lipinski definition) is 3. The van der Waals surface area contributed by atoms with Gasteiger partial charge < -0.3 is 31.7 Å². The zero-order valence-electron chi connectivity index (χ0n) is 5.21. The van der Waals surface area contributed by atoms with E-state index in [1.807, 2.05) is 0 Å². The molecule has 0 aliphatic rings. The molecule has 0 aromatic carbocycles. The molecule has 0 unspecified atom stereocenters. The quantitative estimate of drug-likeness (QED) is 0.311. The fraction of sp³-hybridized carbons (Fsp3) is 1.00. The zero-order valence-corrected chi connectivity index (χ0v) is 5.21. The van der Waals surface area contributed by atoms with Gasteiger partial charge in [-0.2, -0.15) is 0 Å². The number of quaternary nitrogens is 1. The van der Waals surface area contributed by atoms with E-state index < -0.39 is 6.10 Å². The van der Waals surface area contributed by atoms with E-state index in [1.165, 1.54) is 0 Å². The van der Waals surface area contributed by atoms with Crippen molar-refractivity contribution in [3.05, 3.63) is 0 Å². The summed E-state index contributed by atoms with van der Waals surface area (Å²) < 4.78 is 0. The van der Waals surface area contributed by atoms with E-state index in [0.29, 0.717) is 0 Å². The van der Waals surface area contributed by atoms with E-state index in [9.17, 15) is 0 Å². The number of rotatable bonds is 2. The lowest BCUT2D eigenvalue weighted by molar-refractivity contribution is -0.00000538. The third kappa shape index (κ3) is 18.2. The highest BCUT2D eigenvalue weighted by molar-refractivity contribution is 4.43. The first-order chi connectivity index (χ1) is 2.81. The maximum atomic E-state index is 8.17. The largest absolute Gasteiger partial charge is 1.00 e. The van der Waals surface area contributed by atoms with Crippen LogP contribution in [0.25, 0.3) is 0 Å². The first-order valence-electron chi connectivity index (χ1n) is 1.71. The Morgan fingerprint density at radius 1 is 1.11 bits per heavy atom. The molecule has 9 heavy (non-hydrogen) atoms. The molecule has 0 amide bonds. The van der Waals surface area contributed by atoms with Gasteiger partial charge in [0, 0.05) is 0 Å². The molecule has 0 heterocycles. The summed E-state index contributed by atoms with van der Waals surface area (Å²) in [5, 5.41) is 24.0. The Hall–Kier alpha value is -0.270. The van der Waals surface area contributed by atoms with Gasteiger partial charge in [0.2, 0.25) is 0 Å². The predicted molar refractivity (Wildman–Crippen MR) is 29.8 cm³/mol. The van der Waals surface area contributed by atoms with Crippen LogP contribution >= 0.6 is 0 Å². The van der Waals surface area contributed by atoms with E-state index in [1.54, 1.807) is 0 Å². The average Bonchev–Trinajstić information content (AvgIpc) is 1.65. The van der Waals surface area contributed by atoms with Crippen LogP contribution in [0, 0.1) is 0 Å². The molecule has 0 aliphatic carbocycles. The third-order valence-corrected chi connectivity index (χ3v) is 0.421. The molecule has 0 rings (SSSR count). The summed E-state index contributed by atoms with van der Waals surface area (Å²) in [5.41, 5.74) is 0. The lowest BCUT2D eigenvalue weighted by atomic mass is 10.4. The van der Waals surface area contributed by atoms with Gasteiger partial charge in [0.05, 0.1) is 13.2 Å². The highest BCUT2D eigenvalue weighted by atomic mass is 19.0. The van der Waals surface area contributed by atoms with Gasteiger partial charge >= 0.3 is 0 Å². The molecule has 0 radical (unpaired) electrons. The van der Waals surface area contributed by atoms with Crippen LogP contribution < -0.4 is 10.9 Å². The first kappa shape index (κ1) is 23.3. The Balaban J connectivity index is -0.0000000417. The van der Waals surface area contributed by atoms with Crippen molar-refractivity contribution in [3.63, 3.8) is 0 Å². The fourth-order valence-electron chi connectivity index (χ4n) is 0.0577. The third-order valence-electron chi connectivity index (χ3n) is 0.421. The van der Waals surface area contributed by atoms with Crippen molar-refractivity contribution >= 4 is 0 Å². The maximum Gasteiger partial charge on any atom is 0.100 e. The predicted octanol–water partition coefficient (Wildman–Crippen LogP) is -5.11. The first-order valence-corrected chi connectivity index (χ1v) is 1.71. The minimum Gasteiger partial charge on any atom is -1.00 e. The van der Waals surface area contributed by atoms with Gasteiger partial charge in [-0.15, -0.1) is 0 Å². The van der Waals surface area contributed by atoms with Crippen LogP contribution in [0.3, 0.4) is 0 Å². The van der Waals surface area contributed by atoms with Crippen LogP contribution in [0.2, 0.25) is 0 Å². The van der Waals surface area contributed by atoms with Crippen molar-refractivity contribution in [1.82, 2.24) is 6.15 Å². The maximum absolute atomic E-state index is 8.17. The van der Waals surface area contributed by atoms with Crippen molar-refractivity contribution in [3.8, 4) is 0 Å². The molecule has 0 aliphatic heterocycles. The van der Waals surface area contributed by atoms with E-state index in [4.69, 9.17) is 15.3 Å². The standard InChI is InChI=1S/C3H8O3.FH.H3N.H2O/c4-1-3(6)2-5;;;/h3-6H,1-2H2;1H;1H3;1H2. The van der Waals surface area contributed by atoms with E-state index in [2.05, 4.69) is 0 Å². The van der Waals surface area contributed by atoms with Crippen LogP contribution in [0.5, 0.6) is 0 Å². The Morgan fingerprint density at radius 3 is 1.33 bits per heavy atom. The number of halogens is 1. The van der Waals surface area contributed by atoms with E-state index >= 15 is 0 Å². The molecule has 0 saturated carbocycles. The number of aliphatic hydroxyl groups excluding tert-OH is 3. The van der Waals surface area contributed by atoms with Gasteiger partial charge in [0.15, 0.2) is 0 Å². The van der Waals surface area contributed by atoms with Gasteiger partial charge in [-0.3, -0.25) is 0 Å². The smallest absolute Gasteiger partial charge is 0.100 e. The summed E-state index contributed by atoms with van der Waals surface area (Å²) in [4.78, 5) is 0. The van der Waals surface area contributed by atoms with E-state index in [-0.39, 0.29) is 29.5 Å². The summed E-state index contributed by atoms with van der Waals surface area (Å²) in [7, 11) is 0. The second kappa shape index (κ2) is 15.6. The van der Waals surface area contributed by atoms with Gasteiger partial charge in [-0.05, 0) is 0 Å². The fourth-order valence-corrected chi connectivity index (χ4v) is 0.0577. The molecule has 62 valence electrons. The molecular weight excluding hydrogens is 133 g/mol. The summed E-state index contributed by atoms with van der Waals surface area (Å²) in [5.74, 6) is 0. The summed E-state index contributed by atoms with van der Waals surface area (Å²) in [6.45, 7) is -0.729. The monoisotopic (exact) mass is 147 g/mol. The lowest BCUT2D eigenvalue weighted by Crippen LogP contribution is -3.00. The molecule has 0 bridgehead atoms. The highest BCUT2D eigenvalue weighted by Gasteiger charge is 1.93. The molecule has 5 nitrogen and oxygen atoms in total. The summed E-state index contributed by atoms with van der Waals surface area (Å²) in [6, 6.07) is 0. The van der Waals surface area contributed by atoms with Gasteiger partial charge in [-0.1, -0.05) is 0 Å². The molecule has 0 atom stereocenters. The Bertz CT molecular complexity index is 35.0. The Labute approximate surface area is 52.2 Å². The van der Waals surface area contributed by atoms with Crippen LogP contribution in [-0.2, 0) is 0 Å². The van der Waals surface area contributed by atoms with Crippen molar-refractivity contribution in [2.24, 2.45) is 0 Å².